The van der Waals surface area contributed by atoms with Crippen LogP contribution in [0, 0.1) is 0 Å². The third-order valence-electron chi connectivity index (χ3n) is 6.28. The normalized spacial score (nSPS) is 20.8. The Morgan fingerprint density at radius 1 is 1.06 bits per heavy atom. The number of fused-ring (bicyclic) bond motifs is 1. The molecule has 0 aromatic heterocycles. The van der Waals surface area contributed by atoms with Gasteiger partial charge in [0.2, 0.25) is 0 Å². The first-order chi connectivity index (χ1) is 15.1. The van der Waals surface area contributed by atoms with Crippen molar-refractivity contribution >= 4 is 16.9 Å². The number of carbonyl (C=O) groups is 1. The number of carboxylic acid groups (broad SMARTS) is 1. The van der Waals surface area contributed by atoms with Crippen molar-refractivity contribution in [1.82, 2.24) is 14.7 Å². The predicted molar refractivity (Wildman–Crippen MR) is 121 cm³/mol. The molecule has 0 spiro atoms. The van der Waals surface area contributed by atoms with Gasteiger partial charge in [0.1, 0.15) is 12.4 Å². The summed E-state index contributed by atoms with van der Waals surface area (Å²) < 4.78 is 12.0. The number of hydrogen-bond donors (Lipinski definition) is 1. The van der Waals surface area contributed by atoms with Crippen LogP contribution in [-0.2, 0) is 11.3 Å². The number of benzene rings is 2. The summed E-state index contributed by atoms with van der Waals surface area (Å²) in [5.41, 5.74) is 1.09. The van der Waals surface area contributed by atoms with Crippen LogP contribution in [0.2, 0.25) is 0 Å². The van der Waals surface area contributed by atoms with E-state index in [1.54, 1.807) is 0 Å². The molecule has 1 amide bonds. The second-order valence-electron chi connectivity index (χ2n) is 8.64. The Morgan fingerprint density at radius 3 is 2.68 bits per heavy atom. The van der Waals surface area contributed by atoms with Gasteiger partial charge in [-0.05, 0) is 54.4 Å². The summed E-state index contributed by atoms with van der Waals surface area (Å²) in [6, 6.07) is 12.5. The van der Waals surface area contributed by atoms with Crippen molar-refractivity contribution in [2.24, 2.45) is 0 Å². The number of piperazine rings is 1. The highest BCUT2D eigenvalue weighted by Crippen LogP contribution is 2.23. The zero-order valence-electron chi connectivity index (χ0n) is 18.3. The first kappa shape index (κ1) is 21.9. The summed E-state index contributed by atoms with van der Waals surface area (Å²) in [7, 11) is 2.17. The minimum atomic E-state index is -0.862. The highest BCUT2D eigenvalue weighted by molar-refractivity contribution is 5.84. The van der Waals surface area contributed by atoms with Crippen LogP contribution >= 0.6 is 0 Å². The SMILES string of the molecule is CN1CCN(CCOc2ccc3ccc(COC4CCCN(C(=O)O)C4)cc3c2)CC1. The van der Waals surface area contributed by atoms with Gasteiger partial charge < -0.3 is 24.4 Å². The molecule has 2 aromatic carbocycles. The standard InChI is InChI=1S/C24H33N3O4/c1-25-9-11-26(12-10-25)13-14-30-22-7-6-20-5-4-19(15-21(20)16-22)18-31-23-3-2-8-27(17-23)24(28)29/h4-7,15-16,23H,2-3,8-14,17-18H2,1H3,(H,28,29). The van der Waals surface area contributed by atoms with Crippen molar-refractivity contribution in [3.8, 4) is 5.75 Å². The summed E-state index contributed by atoms with van der Waals surface area (Å²) in [5, 5.41) is 11.5. The summed E-state index contributed by atoms with van der Waals surface area (Å²) in [6.45, 7) is 7.64. The smallest absolute Gasteiger partial charge is 0.407 e. The van der Waals surface area contributed by atoms with Gasteiger partial charge in [-0.1, -0.05) is 18.2 Å². The number of hydrogen-bond acceptors (Lipinski definition) is 5. The van der Waals surface area contributed by atoms with Gasteiger partial charge in [0, 0.05) is 39.3 Å². The maximum atomic E-state index is 11.2. The quantitative estimate of drug-likeness (QED) is 0.733. The van der Waals surface area contributed by atoms with Crippen LogP contribution < -0.4 is 4.74 Å². The van der Waals surface area contributed by atoms with E-state index in [4.69, 9.17) is 9.47 Å². The monoisotopic (exact) mass is 427 g/mol. The summed E-state index contributed by atoms with van der Waals surface area (Å²) in [6.07, 6.45) is 0.857. The van der Waals surface area contributed by atoms with Crippen molar-refractivity contribution < 1.29 is 19.4 Å². The molecule has 7 nitrogen and oxygen atoms in total. The van der Waals surface area contributed by atoms with Gasteiger partial charge in [-0.15, -0.1) is 0 Å². The minimum absolute atomic E-state index is 0.0372. The Morgan fingerprint density at radius 2 is 1.87 bits per heavy atom. The molecule has 0 aliphatic carbocycles. The molecule has 2 saturated heterocycles. The molecule has 7 heteroatoms. The Kier molecular flexibility index (Phi) is 7.27. The van der Waals surface area contributed by atoms with E-state index in [1.165, 1.54) is 10.3 Å². The van der Waals surface area contributed by atoms with Crippen molar-refractivity contribution in [3.63, 3.8) is 0 Å². The van der Waals surface area contributed by atoms with Crippen molar-refractivity contribution in [2.75, 3.05) is 59.5 Å². The van der Waals surface area contributed by atoms with Crippen molar-refractivity contribution in [2.45, 2.75) is 25.6 Å². The van der Waals surface area contributed by atoms with Crippen LogP contribution in [0.4, 0.5) is 4.79 Å². The van der Waals surface area contributed by atoms with Crippen molar-refractivity contribution in [1.29, 1.82) is 0 Å². The molecule has 0 saturated carbocycles. The lowest BCUT2D eigenvalue weighted by molar-refractivity contribution is -0.00606. The summed E-state index contributed by atoms with van der Waals surface area (Å²) in [4.78, 5) is 17.4. The van der Waals surface area contributed by atoms with E-state index in [2.05, 4.69) is 47.2 Å². The largest absolute Gasteiger partial charge is 0.492 e. The average molecular weight is 428 g/mol. The number of ether oxygens (including phenoxy) is 2. The van der Waals surface area contributed by atoms with Gasteiger partial charge in [0.25, 0.3) is 0 Å². The molecule has 168 valence electrons. The Bertz CT molecular complexity index is 882. The van der Waals surface area contributed by atoms with E-state index in [1.807, 2.05) is 6.07 Å². The number of likely N-dealkylation sites (tertiary alicyclic amines) is 1. The van der Waals surface area contributed by atoms with E-state index in [0.29, 0.717) is 26.3 Å². The Hall–Kier alpha value is -2.35. The molecule has 0 radical (unpaired) electrons. The molecule has 1 unspecified atom stereocenters. The lowest BCUT2D eigenvalue weighted by atomic mass is 10.1. The Balaban J connectivity index is 1.30. The molecule has 2 aromatic rings. The van der Waals surface area contributed by atoms with Gasteiger partial charge in [-0.25, -0.2) is 4.79 Å². The molecule has 2 fully saturated rings. The fraction of sp³-hybridized carbons (Fsp3) is 0.542. The summed E-state index contributed by atoms with van der Waals surface area (Å²) >= 11 is 0. The maximum absolute atomic E-state index is 11.2. The molecular formula is C24H33N3O4. The fourth-order valence-electron chi connectivity index (χ4n) is 4.28. The van der Waals surface area contributed by atoms with E-state index >= 15 is 0 Å². The second-order valence-corrected chi connectivity index (χ2v) is 8.64. The minimum Gasteiger partial charge on any atom is -0.492 e. The molecule has 2 aliphatic rings. The van der Waals surface area contributed by atoms with Crippen LogP contribution in [0.5, 0.6) is 5.75 Å². The highest BCUT2D eigenvalue weighted by Gasteiger charge is 2.23. The number of piperidine rings is 1. The molecule has 1 N–H and O–H groups in total. The third-order valence-corrected chi connectivity index (χ3v) is 6.28. The van der Waals surface area contributed by atoms with Gasteiger partial charge >= 0.3 is 6.09 Å². The van der Waals surface area contributed by atoms with Gasteiger partial charge in [0.05, 0.1) is 19.3 Å². The van der Waals surface area contributed by atoms with Crippen LogP contribution in [0.15, 0.2) is 36.4 Å². The number of likely N-dealkylation sites (N-methyl/N-ethyl adjacent to an activating group) is 1. The lowest BCUT2D eigenvalue weighted by Crippen LogP contribution is -2.45. The predicted octanol–water partition coefficient (Wildman–Crippen LogP) is 3.13. The van der Waals surface area contributed by atoms with Gasteiger partial charge in [-0.3, -0.25) is 4.90 Å². The van der Waals surface area contributed by atoms with Crippen LogP contribution in [0.3, 0.4) is 0 Å². The highest BCUT2D eigenvalue weighted by atomic mass is 16.5. The number of amides is 1. The maximum Gasteiger partial charge on any atom is 0.407 e. The summed E-state index contributed by atoms with van der Waals surface area (Å²) in [5.74, 6) is 0.893. The Labute approximate surface area is 184 Å². The lowest BCUT2D eigenvalue weighted by Gasteiger charge is -2.32. The zero-order chi connectivity index (χ0) is 21.6. The molecule has 2 heterocycles. The van der Waals surface area contributed by atoms with E-state index in [-0.39, 0.29) is 6.10 Å². The molecular weight excluding hydrogens is 394 g/mol. The zero-order valence-corrected chi connectivity index (χ0v) is 18.3. The molecule has 31 heavy (non-hydrogen) atoms. The average Bonchev–Trinajstić information content (AvgIpc) is 2.79. The topological polar surface area (TPSA) is 65.5 Å². The van der Waals surface area contributed by atoms with Crippen LogP contribution in [0.1, 0.15) is 18.4 Å². The van der Waals surface area contributed by atoms with E-state index in [9.17, 15) is 9.90 Å². The second kappa shape index (κ2) is 10.3. The molecule has 0 bridgehead atoms. The molecule has 4 rings (SSSR count). The first-order valence-electron chi connectivity index (χ1n) is 11.2. The van der Waals surface area contributed by atoms with Crippen LogP contribution in [-0.4, -0.2) is 91.5 Å². The first-order valence-corrected chi connectivity index (χ1v) is 11.2. The number of nitrogens with zero attached hydrogens (tertiary/aromatic N) is 3. The van der Waals surface area contributed by atoms with Gasteiger partial charge in [-0.2, -0.15) is 0 Å². The number of rotatable bonds is 7. The van der Waals surface area contributed by atoms with Crippen molar-refractivity contribution in [3.05, 3.63) is 42.0 Å². The molecule has 1 atom stereocenters. The van der Waals surface area contributed by atoms with Crippen LogP contribution in [0.25, 0.3) is 10.8 Å². The molecule has 2 aliphatic heterocycles. The van der Waals surface area contributed by atoms with E-state index in [0.717, 1.165) is 62.3 Å². The third kappa shape index (κ3) is 6.09. The van der Waals surface area contributed by atoms with Gasteiger partial charge in [0.15, 0.2) is 0 Å². The van der Waals surface area contributed by atoms with E-state index < -0.39 is 6.09 Å². The fourth-order valence-corrected chi connectivity index (χ4v) is 4.28.